The molecule has 92 valence electrons. The van der Waals surface area contributed by atoms with E-state index in [1.165, 1.54) is 11.8 Å². The molecule has 0 aromatic heterocycles. The van der Waals surface area contributed by atoms with Crippen LogP contribution in [0.3, 0.4) is 0 Å². The van der Waals surface area contributed by atoms with Crippen molar-refractivity contribution in [3.63, 3.8) is 0 Å². The summed E-state index contributed by atoms with van der Waals surface area (Å²) in [5, 5.41) is 8.72. The van der Waals surface area contributed by atoms with E-state index in [0.29, 0.717) is 5.75 Å². The topological polar surface area (TPSA) is 63.6 Å². The maximum atomic E-state index is 11.2. The third-order valence-corrected chi connectivity index (χ3v) is 3.73. The van der Waals surface area contributed by atoms with Crippen LogP contribution in [0, 0.1) is 5.41 Å². The molecule has 1 N–H and O–H groups in total. The quantitative estimate of drug-likeness (QED) is 0.695. The number of hydrogen-bond acceptors (Lipinski definition) is 4. The predicted octanol–water partition coefficient (Wildman–Crippen LogP) is 1.93. The van der Waals surface area contributed by atoms with Gasteiger partial charge in [-0.1, -0.05) is 0 Å². The number of carboxylic acid groups (broad SMARTS) is 1. The Hall–Kier alpha value is -0.710. The van der Waals surface area contributed by atoms with Crippen molar-refractivity contribution in [1.29, 1.82) is 0 Å². The molecule has 0 radical (unpaired) electrons. The number of carbonyl (C=O) groups is 2. The van der Waals surface area contributed by atoms with Crippen molar-refractivity contribution in [2.24, 2.45) is 5.41 Å². The van der Waals surface area contributed by atoms with Crippen LogP contribution in [0.4, 0.5) is 0 Å². The fourth-order valence-corrected chi connectivity index (χ4v) is 2.68. The predicted molar refractivity (Wildman–Crippen MR) is 62.5 cm³/mol. The summed E-state index contributed by atoms with van der Waals surface area (Å²) in [6.45, 7) is 3.63. The number of rotatable bonds is 7. The second-order valence-corrected chi connectivity index (χ2v) is 5.59. The molecule has 0 saturated heterocycles. The number of carboxylic acids is 1. The number of ether oxygens (including phenoxy) is 1. The van der Waals surface area contributed by atoms with E-state index < -0.39 is 5.97 Å². The second-order valence-electron chi connectivity index (χ2n) is 4.60. The van der Waals surface area contributed by atoms with Crippen LogP contribution in [0.1, 0.15) is 33.1 Å². The molecule has 0 aliphatic heterocycles. The molecule has 1 fully saturated rings. The molecular formula is C11H18O4S. The van der Waals surface area contributed by atoms with Gasteiger partial charge in [-0.3, -0.25) is 9.59 Å². The lowest BCUT2D eigenvalue weighted by molar-refractivity contribution is -0.144. The lowest BCUT2D eigenvalue weighted by Crippen LogP contribution is -2.16. The third kappa shape index (κ3) is 4.88. The number of thioether (sulfide) groups is 1. The Morgan fingerprint density at radius 3 is 2.50 bits per heavy atom. The molecule has 5 heteroatoms. The molecule has 1 saturated carbocycles. The van der Waals surface area contributed by atoms with Gasteiger partial charge in [-0.2, -0.15) is 0 Å². The molecule has 0 unspecified atom stereocenters. The van der Waals surface area contributed by atoms with E-state index in [1.54, 1.807) is 0 Å². The molecule has 4 nitrogen and oxygen atoms in total. The van der Waals surface area contributed by atoms with Crippen LogP contribution in [0.25, 0.3) is 0 Å². The lowest BCUT2D eigenvalue weighted by Gasteiger charge is -2.12. The van der Waals surface area contributed by atoms with E-state index in [4.69, 9.17) is 9.84 Å². The summed E-state index contributed by atoms with van der Waals surface area (Å²) in [6.07, 6.45) is 2.07. The first-order valence-electron chi connectivity index (χ1n) is 5.43. The van der Waals surface area contributed by atoms with Gasteiger partial charge in [-0.15, -0.1) is 11.8 Å². The molecular weight excluding hydrogens is 228 g/mol. The van der Waals surface area contributed by atoms with E-state index >= 15 is 0 Å². The number of aliphatic carboxylic acids is 1. The Labute approximate surface area is 99.7 Å². The third-order valence-electron chi connectivity index (χ3n) is 2.48. The van der Waals surface area contributed by atoms with Crippen molar-refractivity contribution in [2.45, 2.75) is 39.2 Å². The normalized spacial score (nSPS) is 17.2. The zero-order valence-corrected chi connectivity index (χ0v) is 10.5. The minimum atomic E-state index is -0.747. The summed E-state index contributed by atoms with van der Waals surface area (Å²) >= 11 is 1.48. The van der Waals surface area contributed by atoms with Crippen LogP contribution in [0.2, 0.25) is 0 Å². The standard InChI is InChI=1S/C11H18O4S/c1-8(2)15-10(14)6-16-7-11(3-4-11)5-9(12)13/h8H,3-7H2,1-2H3,(H,12,13). The van der Waals surface area contributed by atoms with Crippen LogP contribution >= 0.6 is 11.8 Å². The van der Waals surface area contributed by atoms with Gasteiger partial charge in [0.15, 0.2) is 0 Å². The van der Waals surface area contributed by atoms with Gasteiger partial charge in [0.1, 0.15) is 0 Å². The summed E-state index contributed by atoms with van der Waals surface area (Å²) in [4.78, 5) is 21.8. The highest BCUT2D eigenvalue weighted by molar-refractivity contribution is 7.99. The molecule has 0 bridgehead atoms. The molecule has 16 heavy (non-hydrogen) atoms. The van der Waals surface area contributed by atoms with Gasteiger partial charge in [0.2, 0.25) is 0 Å². The van der Waals surface area contributed by atoms with Crippen molar-refractivity contribution >= 4 is 23.7 Å². The molecule has 0 spiro atoms. The summed E-state index contributed by atoms with van der Waals surface area (Å²) in [7, 11) is 0. The van der Waals surface area contributed by atoms with Crippen molar-refractivity contribution in [3.05, 3.63) is 0 Å². The van der Waals surface area contributed by atoms with Gasteiger partial charge in [-0.25, -0.2) is 0 Å². The van der Waals surface area contributed by atoms with Gasteiger partial charge in [0.25, 0.3) is 0 Å². The monoisotopic (exact) mass is 246 g/mol. The Kier molecular flexibility index (Phi) is 4.65. The average molecular weight is 246 g/mol. The van der Waals surface area contributed by atoms with E-state index in [-0.39, 0.29) is 23.9 Å². The minimum Gasteiger partial charge on any atom is -0.481 e. The molecule has 0 atom stereocenters. The molecule has 1 aliphatic carbocycles. The molecule has 1 rings (SSSR count). The molecule has 0 amide bonds. The molecule has 0 heterocycles. The number of carbonyl (C=O) groups excluding carboxylic acids is 1. The first kappa shape index (κ1) is 13.4. The summed E-state index contributed by atoms with van der Waals surface area (Å²) in [5.41, 5.74) is -0.0470. The van der Waals surface area contributed by atoms with Crippen LogP contribution in [0.5, 0.6) is 0 Å². The minimum absolute atomic E-state index is 0.0470. The van der Waals surface area contributed by atoms with E-state index in [1.807, 2.05) is 13.8 Å². The molecule has 0 aromatic rings. The van der Waals surface area contributed by atoms with Crippen LogP contribution in [-0.2, 0) is 14.3 Å². The van der Waals surface area contributed by atoms with Crippen LogP contribution in [0.15, 0.2) is 0 Å². The Morgan fingerprint density at radius 1 is 1.44 bits per heavy atom. The largest absolute Gasteiger partial charge is 0.481 e. The summed E-state index contributed by atoms with van der Waals surface area (Å²) in [6, 6.07) is 0. The van der Waals surface area contributed by atoms with E-state index in [2.05, 4.69) is 0 Å². The smallest absolute Gasteiger partial charge is 0.316 e. The first-order valence-corrected chi connectivity index (χ1v) is 6.58. The highest BCUT2D eigenvalue weighted by atomic mass is 32.2. The summed E-state index contributed by atoms with van der Waals surface area (Å²) < 4.78 is 4.99. The average Bonchev–Trinajstić information content (AvgIpc) is 2.82. The zero-order chi connectivity index (χ0) is 12.2. The number of hydrogen-bond donors (Lipinski definition) is 1. The lowest BCUT2D eigenvalue weighted by atomic mass is 10.1. The molecule has 0 aromatic carbocycles. The van der Waals surface area contributed by atoms with E-state index in [9.17, 15) is 9.59 Å². The van der Waals surface area contributed by atoms with Crippen molar-refractivity contribution in [2.75, 3.05) is 11.5 Å². The van der Waals surface area contributed by atoms with Gasteiger partial charge in [-0.05, 0) is 32.1 Å². The molecule has 1 aliphatic rings. The van der Waals surface area contributed by atoms with E-state index in [0.717, 1.165) is 18.6 Å². The van der Waals surface area contributed by atoms with Crippen LogP contribution < -0.4 is 0 Å². The fourth-order valence-electron chi connectivity index (χ4n) is 1.52. The maximum absolute atomic E-state index is 11.2. The van der Waals surface area contributed by atoms with Crippen molar-refractivity contribution < 1.29 is 19.4 Å². The first-order chi connectivity index (χ1) is 7.43. The van der Waals surface area contributed by atoms with Gasteiger partial charge in [0.05, 0.1) is 18.3 Å². The second kappa shape index (κ2) is 5.57. The van der Waals surface area contributed by atoms with Crippen molar-refractivity contribution in [3.8, 4) is 0 Å². The van der Waals surface area contributed by atoms with Gasteiger partial charge < -0.3 is 9.84 Å². The fraction of sp³-hybridized carbons (Fsp3) is 0.818. The number of esters is 1. The highest BCUT2D eigenvalue weighted by Crippen LogP contribution is 2.50. The van der Waals surface area contributed by atoms with Crippen molar-refractivity contribution in [1.82, 2.24) is 0 Å². The highest BCUT2D eigenvalue weighted by Gasteiger charge is 2.44. The maximum Gasteiger partial charge on any atom is 0.316 e. The van der Waals surface area contributed by atoms with Gasteiger partial charge in [0, 0.05) is 5.75 Å². The van der Waals surface area contributed by atoms with Gasteiger partial charge >= 0.3 is 11.9 Å². The van der Waals surface area contributed by atoms with Crippen LogP contribution in [-0.4, -0.2) is 34.7 Å². The Morgan fingerprint density at radius 2 is 2.06 bits per heavy atom. The summed E-state index contributed by atoms with van der Waals surface area (Å²) in [5.74, 6) is 0.0976. The zero-order valence-electron chi connectivity index (χ0n) is 9.69. The SMILES string of the molecule is CC(C)OC(=O)CSCC1(CC(=O)O)CC1. The Balaban J connectivity index is 2.16. The Bertz CT molecular complexity index is 271.